The van der Waals surface area contributed by atoms with Gasteiger partial charge in [0.25, 0.3) is 0 Å². The van der Waals surface area contributed by atoms with Crippen LogP contribution in [-0.4, -0.2) is 43.3 Å². The highest BCUT2D eigenvalue weighted by atomic mass is 16.4. The van der Waals surface area contributed by atoms with Crippen molar-refractivity contribution in [3.8, 4) is 0 Å². The van der Waals surface area contributed by atoms with E-state index in [1.54, 1.807) is 0 Å². The number of aliphatic carboxylic acids is 1. The Morgan fingerprint density at radius 3 is 2.44 bits per heavy atom. The van der Waals surface area contributed by atoms with Crippen LogP contribution in [0, 0.1) is 5.41 Å². The lowest BCUT2D eigenvalue weighted by atomic mass is 9.69. The van der Waals surface area contributed by atoms with E-state index in [0.29, 0.717) is 19.4 Å². The Balaban J connectivity index is 2.11. The number of rotatable bonds is 8. The predicted octanol–water partition coefficient (Wildman–Crippen LogP) is 0.540. The topological polar surface area (TPSA) is 90.5 Å². The molecule has 104 valence electrons. The molecule has 0 radical (unpaired) electrons. The number of nitrogens with one attached hydrogen (secondary N) is 3. The number of carbonyl (C=O) groups excluding carboxylic acids is 1. The summed E-state index contributed by atoms with van der Waals surface area (Å²) in [5, 5.41) is 17.6. The lowest BCUT2D eigenvalue weighted by molar-refractivity contribution is -0.153. The number of urea groups is 1. The second-order valence-corrected chi connectivity index (χ2v) is 4.76. The standard InChI is InChI=1S/C12H23N3O3/c1-2-13-7-4-8-14-11(18)15-9-12(10(16)17)5-3-6-12/h13H,2-9H2,1H3,(H,16,17)(H2,14,15,18). The molecule has 2 amide bonds. The van der Waals surface area contributed by atoms with E-state index in [0.717, 1.165) is 25.9 Å². The van der Waals surface area contributed by atoms with Crippen molar-refractivity contribution in [1.82, 2.24) is 16.0 Å². The van der Waals surface area contributed by atoms with Gasteiger partial charge in [-0.3, -0.25) is 4.79 Å². The first kappa shape index (κ1) is 14.8. The van der Waals surface area contributed by atoms with Gasteiger partial charge in [0.15, 0.2) is 0 Å². The van der Waals surface area contributed by atoms with E-state index in [1.807, 2.05) is 6.92 Å². The van der Waals surface area contributed by atoms with Crippen LogP contribution in [0.3, 0.4) is 0 Å². The zero-order valence-corrected chi connectivity index (χ0v) is 10.9. The highest BCUT2D eigenvalue weighted by molar-refractivity contribution is 5.78. The predicted molar refractivity (Wildman–Crippen MR) is 68.5 cm³/mol. The van der Waals surface area contributed by atoms with Crippen LogP contribution in [-0.2, 0) is 4.79 Å². The number of carboxylic acid groups (broad SMARTS) is 1. The van der Waals surface area contributed by atoms with Crippen molar-refractivity contribution in [1.29, 1.82) is 0 Å². The van der Waals surface area contributed by atoms with E-state index >= 15 is 0 Å². The minimum Gasteiger partial charge on any atom is -0.481 e. The largest absolute Gasteiger partial charge is 0.481 e. The Hall–Kier alpha value is -1.30. The van der Waals surface area contributed by atoms with Crippen molar-refractivity contribution >= 4 is 12.0 Å². The lowest BCUT2D eigenvalue weighted by Crippen LogP contribution is -2.49. The molecule has 1 aliphatic rings. The molecule has 1 saturated carbocycles. The fraction of sp³-hybridized carbons (Fsp3) is 0.833. The average Bonchev–Trinajstić information content (AvgIpc) is 2.27. The van der Waals surface area contributed by atoms with Crippen LogP contribution in [0.1, 0.15) is 32.6 Å². The van der Waals surface area contributed by atoms with Gasteiger partial charge in [-0.05, 0) is 32.4 Å². The summed E-state index contributed by atoms with van der Waals surface area (Å²) in [6.45, 7) is 4.65. The smallest absolute Gasteiger partial charge is 0.314 e. The summed E-state index contributed by atoms with van der Waals surface area (Å²) < 4.78 is 0. The van der Waals surface area contributed by atoms with E-state index in [2.05, 4.69) is 16.0 Å². The Kier molecular flexibility index (Phi) is 5.91. The molecule has 0 saturated heterocycles. The van der Waals surface area contributed by atoms with Crippen LogP contribution in [0.25, 0.3) is 0 Å². The molecule has 1 aliphatic carbocycles. The molecule has 1 fully saturated rings. The first-order valence-electron chi connectivity index (χ1n) is 6.56. The van der Waals surface area contributed by atoms with Crippen molar-refractivity contribution in [2.45, 2.75) is 32.6 Å². The maximum absolute atomic E-state index is 11.4. The van der Waals surface area contributed by atoms with Crippen molar-refractivity contribution < 1.29 is 14.7 Å². The minimum atomic E-state index is -0.804. The Bertz CT molecular complexity index is 290. The van der Waals surface area contributed by atoms with Crippen LogP contribution in [0.5, 0.6) is 0 Å². The maximum Gasteiger partial charge on any atom is 0.314 e. The zero-order chi connectivity index (χ0) is 13.4. The van der Waals surface area contributed by atoms with E-state index < -0.39 is 11.4 Å². The van der Waals surface area contributed by atoms with Gasteiger partial charge in [0.1, 0.15) is 0 Å². The first-order valence-corrected chi connectivity index (χ1v) is 6.56. The van der Waals surface area contributed by atoms with Gasteiger partial charge < -0.3 is 21.1 Å². The monoisotopic (exact) mass is 257 g/mol. The number of amides is 2. The molecule has 0 aromatic rings. The van der Waals surface area contributed by atoms with Gasteiger partial charge in [0.2, 0.25) is 0 Å². The third-order valence-corrected chi connectivity index (χ3v) is 3.42. The molecule has 4 N–H and O–H groups in total. The van der Waals surface area contributed by atoms with Crippen molar-refractivity contribution in [3.05, 3.63) is 0 Å². The molecule has 0 heterocycles. The third kappa shape index (κ3) is 4.18. The molecule has 0 unspecified atom stereocenters. The van der Waals surface area contributed by atoms with Gasteiger partial charge in [0.05, 0.1) is 5.41 Å². The normalized spacial score (nSPS) is 16.7. The van der Waals surface area contributed by atoms with E-state index in [1.165, 1.54) is 0 Å². The van der Waals surface area contributed by atoms with E-state index in [-0.39, 0.29) is 12.6 Å². The maximum atomic E-state index is 11.4. The van der Waals surface area contributed by atoms with Gasteiger partial charge in [0, 0.05) is 13.1 Å². The molecule has 0 aromatic heterocycles. The second kappa shape index (κ2) is 7.20. The molecule has 0 aromatic carbocycles. The molecular weight excluding hydrogens is 234 g/mol. The molecule has 6 nitrogen and oxygen atoms in total. The van der Waals surface area contributed by atoms with Gasteiger partial charge in [-0.25, -0.2) is 4.79 Å². The summed E-state index contributed by atoms with van der Waals surface area (Å²) in [5.41, 5.74) is -0.721. The third-order valence-electron chi connectivity index (χ3n) is 3.42. The number of carboxylic acids is 1. The van der Waals surface area contributed by atoms with Gasteiger partial charge in [-0.2, -0.15) is 0 Å². The molecule has 6 heteroatoms. The highest BCUT2D eigenvalue weighted by Crippen LogP contribution is 2.40. The summed E-state index contributed by atoms with van der Waals surface area (Å²) >= 11 is 0. The molecule has 0 bridgehead atoms. The van der Waals surface area contributed by atoms with Crippen molar-refractivity contribution in [2.24, 2.45) is 5.41 Å². The number of hydrogen-bond acceptors (Lipinski definition) is 3. The minimum absolute atomic E-state index is 0.224. The average molecular weight is 257 g/mol. The van der Waals surface area contributed by atoms with Crippen molar-refractivity contribution in [3.63, 3.8) is 0 Å². The van der Waals surface area contributed by atoms with Gasteiger partial charge in [-0.15, -0.1) is 0 Å². The van der Waals surface area contributed by atoms with Gasteiger partial charge in [-0.1, -0.05) is 13.3 Å². The SMILES string of the molecule is CCNCCCNC(=O)NCC1(C(=O)O)CCC1. The Labute approximate surface area is 108 Å². The van der Waals surface area contributed by atoms with E-state index in [4.69, 9.17) is 5.11 Å². The fourth-order valence-electron chi connectivity index (χ4n) is 1.97. The van der Waals surface area contributed by atoms with Crippen LogP contribution in [0.2, 0.25) is 0 Å². The quantitative estimate of drug-likeness (QED) is 0.478. The van der Waals surface area contributed by atoms with Crippen LogP contribution < -0.4 is 16.0 Å². The van der Waals surface area contributed by atoms with Crippen LogP contribution in [0.15, 0.2) is 0 Å². The van der Waals surface area contributed by atoms with Gasteiger partial charge >= 0.3 is 12.0 Å². The second-order valence-electron chi connectivity index (χ2n) is 4.76. The number of carbonyl (C=O) groups is 2. The summed E-state index contributed by atoms with van der Waals surface area (Å²) in [7, 11) is 0. The Morgan fingerprint density at radius 1 is 1.22 bits per heavy atom. The molecular formula is C12H23N3O3. The first-order chi connectivity index (χ1) is 8.60. The lowest BCUT2D eigenvalue weighted by Gasteiger charge is -2.37. The van der Waals surface area contributed by atoms with Crippen molar-refractivity contribution in [2.75, 3.05) is 26.2 Å². The number of hydrogen-bond donors (Lipinski definition) is 4. The molecule has 0 atom stereocenters. The molecule has 1 rings (SSSR count). The van der Waals surface area contributed by atoms with E-state index in [9.17, 15) is 9.59 Å². The highest BCUT2D eigenvalue weighted by Gasteiger charge is 2.44. The summed E-state index contributed by atoms with van der Waals surface area (Å²) in [6, 6.07) is -0.279. The zero-order valence-electron chi connectivity index (χ0n) is 10.9. The molecule has 18 heavy (non-hydrogen) atoms. The summed E-state index contributed by atoms with van der Waals surface area (Å²) in [4.78, 5) is 22.5. The fourth-order valence-corrected chi connectivity index (χ4v) is 1.97. The molecule has 0 spiro atoms. The van der Waals surface area contributed by atoms with Crippen LogP contribution >= 0.6 is 0 Å². The summed E-state index contributed by atoms with van der Waals surface area (Å²) in [5.74, 6) is -0.804. The van der Waals surface area contributed by atoms with Crippen LogP contribution in [0.4, 0.5) is 4.79 Å². The summed E-state index contributed by atoms with van der Waals surface area (Å²) in [6.07, 6.45) is 3.11. The Morgan fingerprint density at radius 2 is 1.94 bits per heavy atom. The molecule has 0 aliphatic heterocycles.